The van der Waals surface area contributed by atoms with Gasteiger partial charge in [0.2, 0.25) is 5.91 Å². The quantitative estimate of drug-likeness (QED) is 0.374. The number of piperidine rings is 1. The Bertz CT molecular complexity index is 1150. The van der Waals surface area contributed by atoms with E-state index in [1.54, 1.807) is 23.2 Å². The van der Waals surface area contributed by atoms with E-state index in [1.807, 2.05) is 45.9 Å². The van der Waals surface area contributed by atoms with Crippen LogP contribution in [0.25, 0.3) is 6.08 Å². The van der Waals surface area contributed by atoms with Crippen molar-refractivity contribution in [1.29, 1.82) is 0 Å². The first-order valence-electron chi connectivity index (χ1n) is 13.1. The average molecular weight is 562 g/mol. The Morgan fingerprint density at radius 2 is 1.97 bits per heavy atom. The van der Waals surface area contributed by atoms with Gasteiger partial charge in [-0.05, 0) is 77.5 Å². The second kappa shape index (κ2) is 12.4. The predicted octanol–water partition coefficient (Wildman–Crippen LogP) is 6.54. The summed E-state index contributed by atoms with van der Waals surface area (Å²) in [5, 5.41) is 4.00. The predicted molar refractivity (Wildman–Crippen MR) is 149 cm³/mol. The minimum absolute atomic E-state index is 0.00137. The summed E-state index contributed by atoms with van der Waals surface area (Å²) in [6, 6.07) is 5.25. The van der Waals surface area contributed by atoms with Gasteiger partial charge in [-0.25, -0.2) is 9.78 Å². The van der Waals surface area contributed by atoms with Crippen LogP contribution in [-0.2, 0) is 9.53 Å². The summed E-state index contributed by atoms with van der Waals surface area (Å²) < 4.78 is 17.0. The maximum Gasteiger partial charge on any atom is 0.410 e. The van der Waals surface area contributed by atoms with Gasteiger partial charge >= 0.3 is 6.09 Å². The van der Waals surface area contributed by atoms with Crippen molar-refractivity contribution in [2.24, 2.45) is 11.8 Å². The third kappa shape index (κ3) is 8.63. The number of hydrogen-bond donors (Lipinski definition) is 1. The van der Waals surface area contributed by atoms with Gasteiger partial charge in [-0.3, -0.25) is 4.79 Å². The number of amides is 2. The molecule has 10 heteroatoms. The molecule has 1 N–H and O–H groups in total. The van der Waals surface area contributed by atoms with Gasteiger partial charge in [0.1, 0.15) is 17.1 Å². The molecule has 206 valence electrons. The second-order valence-electron chi connectivity index (χ2n) is 10.9. The van der Waals surface area contributed by atoms with Crippen molar-refractivity contribution >= 4 is 41.0 Å². The van der Waals surface area contributed by atoms with Crippen molar-refractivity contribution in [3.8, 4) is 16.7 Å². The number of nitrogens with one attached hydrogen (secondary N) is 1. The Labute approximate surface area is 233 Å². The Morgan fingerprint density at radius 3 is 2.63 bits per heavy atom. The largest absolute Gasteiger partial charge is 0.493 e. The minimum atomic E-state index is -0.527. The van der Waals surface area contributed by atoms with Crippen molar-refractivity contribution in [3.05, 3.63) is 40.4 Å². The lowest BCUT2D eigenvalue weighted by molar-refractivity contribution is -0.126. The molecule has 0 radical (unpaired) electrons. The summed E-state index contributed by atoms with van der Waals surface area (Å²) >= 11 is 7.76. The van der Waals surface area contributed by atoms with Crippen molar-refractivity contribution < 1.29 is 23.8 Å². The van der Waals surface area contributed by atoms with E-state index in [4.69, 9.17) is 25.8 Å². The number of halogens is 1. The summed E-state index contributed by atoms with van der Waals surface area (Å²) in [7, 11) is 0. The van der Waals surface area contributed by atoms with Gasteiger partial charge in [0.15, 0.2) is 0 Å². The van der Waals surface area contributed by atoms with Crippen molar-refractivity contribution in [2.45, 2.75) is 65.0 Å². The van der Waals surface area contributed by atoms with E-state index >= 15 is 0 Å². The molecule has 2 amide bonds. The third-order valence-corrected chi connectivity index (χ3v) is 7.36. The third-order valence-electron chi connectivity index (χ3n) is 6.22. The Morgan fingerprint density at radius 1 is 1.24 bits per heavy atom. The van der Waals surface area contributed by atoms with Crippen LogP contribution in [0.4, 0.5) is 4.79 Å². The fourth-order valence-electron chi connectivity index (χ4n) is 3.92. The fraction of sp³-hybridized carbons (Fsp3) is 0.536. The molecule has 4 rings (SSSR count). The molecule has 1 aromatic heterocycles. The van der Waals surface area contributed by atoms with Crippen molar-refractivity contribution in [1.82, 2.24) is 15.2 Å². The monoisotopic (exact) mass is 561 g/mol. The lowest BCUT2D eigenvalue weighted by atomic mass is 9.96. The Hall–Kier alpha value is -2.78. The fourth-order valence-corrected chi connectivity index (χ4v) is 4.82. The van der Waals surface area contributed by atoms with Gasteiger partial charge in [-0.1, -0.05) is 29.0 Å². The molecule has 1 aromatic carbocycles. The van der Waals surface area contributed by atoms with E-state index in [0.717, 1.165) is 17.2 Å². The smallest absolute Gasteiger partial charge is 0.410 e. The molecule has 8 nitrogen and oxygen atoms in total. The standard InChI is InChI=1S/C28H36ClN3O5S/c1-18(31-25(33)20-11-13-32(14-12-20)27(34)37-28(2,3)4)5-9-22-16-30-26(38-22)36-24-10-8-21(15-23(24)29)35-17-19-6-7-19/h5,8-10,15-16,18-20H,6-7,11-14,17H2,1-4H3,(H,31,33)/t18-/m0/s1. The first-order chi connectivity index (χ1) is 18.1. The zero-order valence-corrected chi connectivity index (χ0v) is 23.9. The highest BCUT2D eigenvalue weighted by Crippen LogP contribution is 2.35. The van der Waals surface area contributed by atoms with Crippen LogP contribution in [-0.4, -0.2) is 53.2 Å². The van der Waals surface area contributed by atoms with E-state index in [-0.39, 0.29) is 24.0 Å². The van der Waals surface area contributed by atoms with Gasteiger partial charge in [-0.15, -0.1) is 0 Å². The molecule has 2 fully saturated rings. The minimum Gasteiger partial charge on any atom is -0.493 e. The van der Waals surface area contributed by atoms with Crippen LogP contribution >= 0.6 is 22.9 Å². The van der Waals surface area contributed by atoms with Crippen LogP contribution in [0.5, 0.6) is 16.7 Å². The van der Waals surface area contributed by atoms with E-state index in [1.165, 1.54) is 24.2 Å². The summed E-state index contributed by atoms with van der Waals surface area (Å²) in [4.78, 5) is 31.9. The summed E-state index contributed by atoms with van der Waals surface area (Å²) in [5.74, 6) is 1.81. The van der Waals surface area contributed by atoms with Gasteiger partial charge in [-0.2, -0.15) is 0 Å². The number of likely N-dealkylation sites (tertiary alicyclic amines) is 1. The lowest BCUT2D eigenvalue weighted by Gasteiger charge is -2.33. The number of ether oxygens (including phenoxy) is 3. The molecular weight excluding hydrogens is 526 g/mol. The second-order valence-corrected chi connectivity index (χ2v) is 12.3. The van der Waals surface area contributed by atoms with E-state index in [9.17, 15) is 9.59 Å². The van der Waals surface area contributed by atoms with E-state index < -0.39 is 5.60 Å². The molecule has 2 aromatic rings. The van der Waals surface area contributed by atoms with Crippen LogP contribution in [0.15, 0.2) is 30.5 Å². The summed E-state index contributed by atoms with van der Waals surface area (Å²) in [6.45, 7) is 9.23. The van der Waals surface area contributed by atoms with Gasteiger partial charge < -0.3 is 24.4 Å². The van der Waals surface area contributed by atoms with Crippen LogP contribution in [0, 0.1) is 11.8 Å². The molecule has 1 aliphatic heterocycles. The topological polar surface area (TPSA) is 90.0 Å². The van der Waals surface area contributed by atoms with E-state index in [0.29, 0.717) is 47.8 Å². The van der Waals surface area contributed by atoms with Crippen LogP contribution in [0.3, 0.4) is 0 Å². The lowest BCUT2D eigenvalue weighted by Crippen LogP contribution is -2.45. The molecular formula is C28H36ClN3O5S. The number of thiazole rings is 1. The first kappa shape index (κ1) is 28.2. The Balaban J connectivity index is 1.21. The number of carbonyl (C=O) groups excluding carboxylic acids is 2. The highest BCUT2D eigenvalue weighted by atomic mass is 35.5. The van der Waals surface area contributed by atoms with Crippen LogP contribution in [0.1, 0.15) is 58.3 Å². The number of aromatic nitrogens is 1. The molecule has 2 aliphatic rings. The molecule has 2 heterocycles. The molecule has 38 heavy (non-hydrogen) atoms. The number of hydrogen-bond acceptors (Lipinski definition) is 7. The average Bonchev–Trinajstić information content (AvgIpc) is 3.59. The van der Waals surface area contributed by atoms with Crippen LogP contribution < -0.4 is 14.8 Å². The number of rotatable bonds is 9. The molecule has 0 spiro atoms. The molecule has 1 atom stereocenters. The molecule has 1 aliphatic carbocycles. The maximum atomic E-state index is 12.7. The molecule has 1 saturated carbocycles. The molecule has 0 bridgehead atoms. The number of benzene rings is 1. The zero-order valence-electron chi connectivity index (χ0n) is 22.4. The van der Waals surface area contributed by atoms with Crippen molar-refractivity contribution in [2.75, 3.05) is 19.7 Å². The highest BCUT2D eigenvalue weighted by Gasteiger charge is 2.30. The zero-order chi connectivity index (χ0) is 27.3. The highest BCUT2D eigenvalue weighted by molar-refractivity contribution is 7.14. The molecule has 0 unspecified atom stereocenters. The van der Waals surface area contributed by atoms with Crippen molar-refractivity contribution in [3.63, 3.8) is 0 Å². The van der Waals surface area contributed by atoms with Crippen LogP contribution in [0.2, 0.25) is 5.02 Å². The SMILES string of the molecule is C[C@@H](C=Cc1cnc(Oc2ccc(OCC3CC3)cc2Cl)s1)NC(=O)C1CCN(C(=O)OC(C)(C)C)CC1. The van der Waals surface area contributed by atoms with Gasteiger partial charge in [0, 0.05) is 37.3 Å². The maximum absolute atomic E-state index is 12.7. The Kier molecular flexibility index (Phi) is 9.20. The summed E-state index contributed by atoms with van der Waals surface area (Å²) in [6.07, 6.45) is 8.94. The molecule has 1 saturated heterocycles. The number of carbonyl (C=O) groups is 2. The van der Waals surface area contributed by atoms with E-state index in [2.05, 4.69) is 10.3 Å². The normalized spacial score (nSPS) is 17.3. The van der Waals surface area contributed by atoms with Gasteiger partial charge in [0.25, 0.3) is 5.19 Å². The summed E-state index contributed by atoms with van der Waals surface area (Å²) in [5.41, 5.74) is -0.527. The van der Waals surface area contributed by atoms with Gasteiger partial charge in [0.05, 0.1) is 16.5 Å². The first-order valence-corrected chi connectivity index (χ1v) is 14.3. The number of nitrogens with zero attached hydrogens (tertiary/aromatic N) is 2.